The SMILES string of the molecule is COc1nccc(O[C@H]2CC[C@H](NC(=O)O)CC2)c1C(C)=O. The van der Waals surface area contributed by atoms with Crippen LogP contribution in [0.5, 0.6) is 11.6 Å². The van der Waals surface area contributed by atoms with Crippen LogP contribution in [-0.2, 0) is 0 Å². The Morgan fingerprint density at radius 1 is 1.32 bits per heavy atom. The summed E-state index contributed by atoms with van der Waals surface area (Å²) in [4.78, 5) is 26.4. The first-order valence-corrected chi connectivity index (χ1v) is 7.21. The van der Waals surface area contributed by atoms with Crippen LogP contribution in [0, 0.1) is 0 Å². The van der Waals surface area contributed by atoms with Crippen LogP contribution in [0.2, 0.25) is 0 Å². The number of rotatable bonds is 5. The minimum atomic E-state index is -0.998. The van der Waals surface area contributed by atoms with Crippen molar-refractivity contribution in [1.82, 2.24) is 10.3 Å². The first kappa shape index (κ1) is 16.1. The van der Waals surface area contributed by atoms with E-state index in [1.807, 2.05) is 0 Å². The predicted octanol–water partition coefficient (Wildman–Crippen LogP) is 2.25. The molecule has 1 aliphatic rings. The van der Waals surface area contributed by atoms with E-state index in [1.165, 1.54) is 20.2 Å². The zero-order chi connectivity index (χ0) is 16.1. The highest BCUT2D eigenvalue weighted by Gasteiger charge is 2.25. The average Bonchev–Trinajstić information content (AvgIpc) is 2.48. The molecule has 0 bridgehead atoms. The van der Waals surface area contributed by atoms with Gasteiger partial charge in [-0.3, -0.25) is 4.79 Å². The number of ether oxygens (including phenoxy) is 2. The standard InChI is InChI=1S/C15H20N2O5/c1-9(18)13-12(7-8-16-14(13)21-2)22-11-5-3-10(4-6-11)17-15(19)20/h7-8,10-11,17H,3-6H2,1-2H3,(H,19,20)/t10-,11-. The topological polar surface area (TPSA) is 97.8 Å². The fourth-order valence-electron chi connectivity index (χ4n) is 2.68. The lowest BCUT2D eigenvalue weighted by molar-refractivity contribution is 0.0990. The summed E-state index contributed by atoms with van der Waals surface area (Å²) in [6.45, 7) is 1.44. The molecular weight excluding hydrogens is 288 g/mol. The van der Waals surface area contributed by atoms with Crippen molar-refractivity contribution < 1.29 is 24.2 Å². The van der Waals surface area contributed by atoms with Gasteiger partial charge in [-0.25, -0.2) is 9.78 Å². The third kappa shape index (κ3) is 3.87. The summed E-state index contributed by atoms with van der Waals surface area (Å²) in [7, 11) is 1.46. The van der Waals surface area contributed by atoms with Gasteiger partial charge in [0.25, 0.3) is 0 Å². The van der Waals surface area contributed by atoms with Crippen molar-refractivity contribution in [3.8, 4) is 11.6 Å². The van der Waals surface area contributed by atoms with Crippen molar-refractivity contribution >= 4 is 11.9 Å². The summed E-state index contributed by atoms with van der Waals surface area (Å²) in [6, 6.07) is 1.62. The molecule has 1 aromatic rings. The van der Waals surface area contributed by atoms with Crippen molar-refractivity contribution in [1.29, 1.82) is 0 Å². The highest BCUT2D eigenvalue weighted by molar-refractivity contribution is 5.99. The molecular formula is C15H20N2O5. The van der Waals surface area contributed by atoms with Crippen LogP contribution in [0.25, 0.3) is 0 Å². The van der Waals surface area contributed by atoms with Crippen LogP contribution in [0.4, 0.5) is 4.79 Å². The van der Waals surface area contributed by atoms with E-state index in [0.29, 0.717) is 24.2 Å². The molecule has 0 aliphatic heterocycles. The lowest BCUT2D eigenvalue weighted by Gasteiger charge is -2.29. The van der Waals surface area contributed by atoms with Crippen LogP contribution in [0.1, 0.15) is 43.0 Å². The molecule has 22 heavy (non-hydrogen) atoms. The molecule has 2 N–H and O–H groups in total. The molecule has 2 rings (SSSR count). The summed E-state index contributed by atoms with van der Waals surface area (Å²) in [5, 5.41) is 11.2. The van der Waals surface area contributed by atoms with E-state index in [9.17, 15) is 9.59 Å². The monoisotopic (exact) mass is 308 g/mol. The lowest BCUT2D eigenvalue weighted by atomic mass is 9.93. The van der Waals surface area contributed by atoms with Crippen molar-refractivity contribution in [2.75, 3.05) is 7.11 Å². The Hall–Kier alpha value is -2.31. The number of hydrogen-bond acceptors (Lipinski definition) is 5. The highest BCUT2D eigenvalue weighted by Crippen LogP contribution is 2.30. The number of hydrogen-bond donors (Lipinski definition) is 2. The minimum Gasteiger partial charge on any atom is -0.489 e. The van der Waals surface area contributed by atoms with E-state index < -0.39 is 6.09 Å². The van der Waals surface area contributed by atoms with Gasteiger partial charge >= 0.3 is 6.09 Å². The van der Waals surface area contributed by atoms with Crippen LogP contribution >= 0.6 is 0 Å². The van der Waals surface area contributed by atoms with Gasteiger partial charge < -0.3 is 19.9 Å². The summed E-state index contributed by atoms with van der Waals surface area (Å²) in [6.07, 6.45) is 3.39. The average molecular weight is 308 g/mol. The molecule has 0 spiro atoms. The number of carboxylic acid groups (broad SMARTS) is 1. The van der Waals surface area contributed by atoms with Crippen molar-refractivity contribution in [2.45, 2.75) is 44.8 Å². The molecule has 0 unspecified atom stereocenters. The summed E-state index contributed by atoms with van der Waals surface area (Å²) in [5.41, 5.74) is 0.343. The quantitative estimate of drug-likeness (QED) is 0.810. The maximum Gasteiger partial charge on any atom is 0.404 e. The Balaban J connectivity index is 2.03. The molecule has 0 atom stereocenters. The molecule has 120 valence electrons. The van der Waals surface area contributed by atoms with Gasteiger partial charge in [0.1, 0.15) is 11.3 Å². The van der Waals surface area contributed by atoms with E-state index in [4.69, 9.17) is 14.6 Å². The molecule has 0 aromatic carbocycles. The minimum absolute atomic E-state index is 0.0309. The largest absolute Gasteiger partial charge is 0.489 e. The van der Waals surface area contributed by atoms with Gasteiger partial charge in [0.15, 0.2) is 5.78 Å². The van der Waals surface area contributed by atoms with Crippen molar-refractivity contribution in [2.24, 2.45) is 0 Å². The Bertz CT molecular complexity index is 553. The zero-order valence-electron chi connectivity index (χ0n) is 12.7. The number of amides is 1. The number of nitrogens with zero attached hydrogens (tertiary/aromatic N) is 1. The van der Waals surface area contributed by atoms with Crippen molar-refractivity contribution in [3.63, 3.8) is 0 Å². The maximum absolute atomic E-state index is 11.8. The summed E-state index contributed by atoms with van der Waals surface area (Å²) < 4.78 is 11.0. The molecule has 0 radical (unpaired) electrons. The van der Waals surface area contributed by atoms with E-state index >= 15 is 0 Å². The van der Waals surface area contributed by atoms with Gasteiger partial charge in [-0.2, -0.15) is 0 Å². The van der Waals surface area contributed by atoms with E-state index in [2.05, 4.69) is 10.3 Å². The molecule has 1 aromatic heterocycles. The van der Waals surface area contributed by atoms with Gasteiger partial charge in [0.2, 0.25) is 5.88 Å². The lowest BCUT2D eigenvalue weighted by Crippen LogP contribution is -2.39. The zero-order valence-corrected chi connectivity index (χ0v) is 12.7. The summed E-state index contributed by atoms with van der Waals surface area (Å²) in [5.74, 6) is 0.557. The van der Waals surface area contributed by atoms with Gasteiger partial charge in [0.05, 0.1) is 13.2 Å². The highest BCUT2D eigenvalue weighted by atomic mass is 16.5. The number of aromatic nitrogens is 1. The molecule has 1 saturated carbocycles. The number of carbonyl (C=O) groups is 2. The smallest absolute Gasteiger partial charge is 0.404 e. The Kier molecular flexibility index (Phi) is 5.19. The molecule has 7 heteroatoms. The van der Waals surface area contributed by atoms with Crippen molar-refractivity contribution in [3.05, 3.63) is 17.8 Å². The number of methoxy groups -OCH3 is 1. The normalized spacial score (nSPS) is 21.0. The number of Topliss-reactive ketones (excluding diaryl/α,β-unsaturated/α-hetero) is 1. The summed E-state index contributed by atoms with van der Waals surface area (Å²) >= 11 is 0. The molecule has 1 fully saturated rings. The van der Waals surface area contributed by atoms with Gasteiger partial charge in [0, 0.05) is 12.2 Å². The third-order valence-corrected chi connectivity index (χ3v) is 3.72. The second-order valence-corrected chi connectivity index (χ2v) is 5.29. The van der Waals surface area contributed by atoms with Gasteiger partial charge in [-0.1, -0.05) is 0 Å². The van der Waals surface area contributed by atoms with Crippen LogP contribution in [0.15, 0.2) is 12.3 Å². The second kappa shape index (κ2) is 7.11. The van der Waals surface area contributed by atoms with Crippen LogP contribution in [0.3, 0.4) is 0 Å². The third-order valence-electron chi connectivity index (χ3n) is 3.72. The van der Waals surface area contributed by atoms with E-state index in [0.717, 1.165) is 12.8 Å². The maximum atomic E-state index is 11.8. The van der Waals surface area contributed by atoms with E-state index in [-0.39, 0.29) is 23.8 Å². The fraction of sp³-hybridized carbons (Fsp3) is 0.533. The van der Waals surface area contributed by atoms with Gasteiger partial charge in [-0.05, 0) is 38.7 Å². The van der Waals surface area contributed by atoms with Gasteiger partial charge in [-0.15, -0.1) is 0 Å². The first-order valence-electron chi connectivity index (χ1n) is 7.21. The number of nitrogens with one attached hydrogen (secondary N) is 1. The Morgan fingerprint density at radius 2 is 2.00 bits per heavy atom. The molecule has 1 heterocycles. The molecule has 1 amide bonds. The first-order chi connectivity index (χ1) is 10.5. The fourth-order valence-corrected chi connectivity index (χ4v) is 2.68. The number of pyridine rings is 1. The van der Waals surface area contributed by atoms with E-state index in [1.54, 1.807) is 6.07 Å². The Labute approximate surface area is 128 Å². The molecule has 1 aliphatic carbocycles. The Morgan fingerprint density at radius 3 is 2.55 bits per heavy atom. The van der Waals surface area contributed by atoms with Crippen LogP contribution < -0.4 is 14.8 Å². The number of carbonyl (C=O) groups excluding carboxylic acids is 1. The predicted molar refractivity (Wildman–Crippen MR) is 78.6 cm³/mol. The number of ketones is 1. The second-order valence-electron chi connectivity index (χ2n) is 5.29. The van der Waals surface area contributed by atoms with Crippen LogP contribution in [-0.4, -0.2) is 41.2 Å². The molecule has 0 saturated heterocycles. The molecule has 7 nitrogen and oxygen atoms in total.